The third-order valence-corrected chi connectivity index (χ3v) is 4.00. The van der Waals surface area contributed by atoms with E-state index in [4.69, 9.17) is 32.7 Å². The van der Waals surface area contributed by atoms with Crippen LogP contribution in [-0.2, 0) is 6.61 Å². The average Bonchev–Trinajstić information content (AvgIpc) is 3.14. The van der Waals surface area contributed by atoms with Crippen LogP contribution in [0.25, 0.3) is 0 Å². The van der Waals surface area contributed by atoms with Crippen molar-refractivity contribution < 1.29 is 9.47 Å². The average molecular weight is 391 g/mol. The maximum absolute atomic E-state index is 6.19. The van der Waals surface area contributed by atoms with Gasteiger partial charge in [-0.15, -0.1) is 10.2 Å². The van der Waals surface area contributed by atoms with Crippen molar-refractivity contribution in [3.05, 3.63) is 70.2 Å². The van der Waals surface area contributed by atoms with Gasteiger partial charge in [0, 0.05) is 15.6 Å². The van der Waals surface area contributed by atoms with Gasteiger partial charge < -0.3 is 9.47 Å². The van der Waals surface area contributed by atoms with Crippen molar-refractivity contribution in [3.63, 3.8) is 0 Å². The van der Waals surface area contributed by atoms with E-state index in [0.717, 1.165) is 11.1 Å². The third kappa shape index (κ3) is 4.74. The maximum Gasteiger partial charge on any atom is 0.161 e. The predicted molar refractivity (Wildman–Crippen MR) is 101 cm³/mol. The Labute approximate surface area is 161 Å². The Hall–Kier alpha value is -2.57. The van der Waals surface area contributed by atoms with Crippen LogP contribution in [0.1, 0.15) is 18.1 Å². The lowest BCUT2D eigenvalue weighted by molar-refractivity contribution is 0.269. The summed E-state index contributed by atoms with van der Waals surface area (Å²) in [5.74, 6) is 1.25. The van der Waals surface area contributed by atoms with E-state index < -0.39 is 0 Å². The first-order valence-electron chi connectivity index (χ1n) is 7.88. The highest BCUT2D eigenvalue weighted by Gasteiger charge is 2.08. The molecule has 0 spiro atoms. The summed E-state index contributed by atoms with van der Waals surface area (Å²) in [5.41, 5.74) is 1.70. The van der Waals surface area contributed by atoms with E-state index >= 15 is 0 Å². The summed E-state index contributed by atoms with van der Waals surface area (Å²) in [5, 5.41) is 12.8. The molecule has 0 N–H and O–H groups in total. The Bertz CT molecular complexity index is 898. The standard InChI is InChI=1S/C18H16Cl2N4O2/c1-2-25-18-7-13(9-23-24-11-21-22-12-24)3-6-17(18)26-10-14-4-5-15(19)8-16(14)20/h3-9,11-12H,2,10H2,1H3. The molecule has 3 aromatic rings. The molecule has 26 heavy (non-hydrogen) atoms. The molecule has 0 fully saturated rings. The van der Waals surface area contributed by atoms with Gasteiger partial charge in [-0.2, -0.15) is 5.10 Å². The Kier molecular flexibility index (Phi) is 6.09. The molecule has 0 atom stereocenters. The number of halogens is 2. The zero-order chi connectivity index (χ0) is 18.4. The van der Waals surface area contributed by atoms with Crippen molar-refractivity contribution >= 4 is 29.4 Å². The highest BCUT2D eigenvalue weighted by atomic mass is 35.5. The molecule has 134 valence electrons. The van der Waals surface area contributed by atoms with Crippen LogP contribution < -0.4 is 9.47 Å². The van der Waals surface area contributed by atoms with Crippen LogP contribution in [0.2, 0.25) is 10.0 Å². The molecular formula is C18H16Cl2N4O2. The van der Waals surface area contributed by atoms with Crippen LogP contribution in [0.5, 0.6) is 11.5 Å². The molecule has 3 rings (SSSR count). The van der Waals surface area contributed by atoms with E-state index in [9.17, 15) is 0 Å². The number of aromatic nitrogens is 3. The van der Waals surface area contributed by atoms with Crippen molar-refractivity contribution in [2.24, 2.45) is 5.10 Å². The highest BCUT2D eigenvalue weighted by Crippen LogP contribution is 2.30. The van der Waals surface area contributed by atoms with Gasteiger partial charge in [-0.25, -0.2) is 4.68 Å². The van der Waals surface area contributed by atoms with Crippen LogP contribution in [0.3, 0.4) is 0 Å². The fourth-order valence-corrected chi connectivity index (χ4v) is 2.64. The monoisotopic (exact) mass is 390 g/mol. The molecule has 8 heteroatoms. The minimum absolute atomic E-state index is 0.310. The van der Waals surface area contributed by atoms with Crippen LogP contribution >= 0.6 is 23.2 Å². The molecular weight excluding hydrogens is 375 g/mol. The predicted octanol–water partition coefficient (Wildman–Crippen LogP) is 4.44. The molecule has 0 radical (unpaired) electrons. The second-order valence-corrected chi connectivity index (χ2v) is 6.09. The fourth-order valence-electron chi connectivity index (χ4n) is 2.17. The van der Waals surface area contributed by atoms with Crippen LogP contribution in [-0.4, -0.2) is 27.7 Å². The SMILES string of the molecule is CCOc1cc(C=Nn2cnnc2)ccc1OCc1ccc(Cl)cc1Cl. The summed E-state index contributed by atoms with van der Waals surface area (Å²) in [6.07, 6.45) is 4.70. The summed E-state index contributed by atoms with van der Waals surface area (Å²) in [6, 6.07) is 10.9. The summed E-state index contributed by atoms with van der Waals surface area (Å²) in [4.78, 5) is 0. The van der Waals surface area contributed by atoms with Crippen LogP contribution in [0, 0.1) is 0 Å². The van der Waals surface area contributed by atoms with Crippen LogP contribution in [0.15, 0.2) is 54.2 Å². The Morgan fingerprint density at radius 3 is 2.58 bits per heavy atom. The summed E-state index contributed by atoms with van der Waals surface area (Å²) >= 11 is 12.1. The lowest BCUT2D eigenvalue weighted by Crippen LogP contribution is -2.01. The molecule has 1 heterocycles. The number of rotatable bonds is 7. The number of hydrogen-bond donors (Lipinski definition) is 0. The lowest BCUT2D eigenvalue weighted by atomic mass is 10.2. The first-order chi connectivity index (χ1) is 12.7. The van der Waals surface area contributed by atoms with Crippen molar-refractivity contribution in [3.8, 4) is 11.5 Å². The molecule has 2 aromatic carbocycles. The molecule has 1 aromatic heterocycles. The number of hydrogen-bond acceptors (Lipinski definition) is 5. The maximum atomic E-state index is 6.19. The molecule has 0 amide bonds. The van der Waals surface area contributed by atoms with Crippen molar-refractivity contribution in [1.82, 2.24) is 14.9 Å². The highest BCUT2D eigenvalue weighted by molar-refractivity contribution is 6.35. The van der Waals surface area contributed by atoms with Gasteiger partial charge in [0.15, 0.2) is 11.5 Å². The second kappa shape index (κ2) is 8.69. The zero-order valence-corrected chi connectivity index (χ0v) is 15.5. The Morgan fingerprint density at radius 2 is 1.85 bits per heavy atom. The van der Waals surface area contributed by atoms with Gasteiger partial charge in [-0.3, -0.25) is 0 Å². The Balaban J connectivity index is 1.75. The van der Waals surface area contributed by atoms with E-state index in [2.05, 4.69) is 15.3 Å². The molecule has 0 aliphatic heterocycles. The van der Waals surface area contributed by atoms with E-state index in [1.54, 1.807) is 18.3 Å². The Morgan fingerprint density at radius 1 is 1.04 bits per heavy atom. The topological polar surface area (TPSA) is 61.5 Å². The molecule has 0 unspecified atom stereocenters. The number of nitrogens with zero attached hydrogens (tertiary/aromatic N) is 4. The molecule has 0 aliphatic rings. The van der Waals surface area contributed by atoms with E-state index in [1.807, 2.05) is 31.2 Å². The summed E-state index contributed by atoms with van der Waals surface area (Å²) in [6.45, 7) is 2.74. The minimum atomic E-state index is 0.310. The molecule has 0 aliphatic carbocycles. The molecule has 0 bridgehead atoms. The van der Waals surface area contributed by atoms with Gasteiger partial charge in [-0.1, -0.05) is 29.3 Å². The largest absolute Gasteiger partial charge is 0.490 e. The first kappa shape index (κ1) is 18.2. The summed E-state index contributed by atoms with van der Waals surface area (Å²) < 4.78 is 13.1. The van der Waals surface area contributed by atoms with Gasteiger partial charge in [0.1, 0.15) is 19.3 Å². The van der Waals surface area contributed by atoms with Crippen molar-refractivity contribution in [1.29, 1.82) is 0 Å². The van der Waals surface area contributed by atoms with Gasteiger partial charge >= 0.3 is 0 Å². The zero-order valence-electron chi connectivity index (χ0n) is 14.0. The molecule has 6 nitrogen and oxygen atoms in total. The summed E-state index contributed by atoms with van der Waals surface area (Å²) in [7, 11) is 0. The van der Waals surface area contributed by atoms with E-state index in [-0.39, 0.29) is 0 Å². The quantitative estimate of drug-likeness (QED) is 0.559. The first-order valence-corrected chi connectivity index (χ1v) is 8.64. The van der Waals surface area contributed by atoms with Gasteiger partial charge in [0.2, 0.25) is 0 Å². The van der Waals surface area contributed by atoms with Crippen molar-refractivity contribution in [2.75, 3.05) is 6.61 Å². The van der Waals surface area contributed by atoms with Gasteiger partial charge in [0.05, 0.1) is 12.8 Å². The normalized spacial score (nSPS) is 11.0. The van der Waals surface area contributed by atoms with Gasteiger partial charge in [-0.05, 0) is 42.8 Å². The van der Waals surface area contributed by atoms with Crippen molar-refractivity contribution in [2.45, 2.75) is 13.5 Å². The minimum Gasteiger partial charge on any atom is -0.490 e. The fraction of sp³-hybridized carbons (Fsp3) is 0.167. The number of benzene rings is 2. The van der Waals surface area contributed by atoms with E-state index in [0.29, 0.717) is 34.8 Å². The smallest absolute Gasteiger partial charge is 0.161 e. The lowest BCUT2D eigenvalue weighted by Gasteiger charge is -2.13. The van der Waals surface area contributed by atoms with Gasteiger partial charge in [0.25, 0.3) is 0 Å². The van der Waals surface area contributed by atoms with E-state index in [1.165, 1.54) is 17.3 Å². The third-order valence-electron chi connectivity index (χ3n) is 3.41. The number of ether oxygens (including phenoxy) is 2. The second-order valence-electron chi connectivity index (χ2n) is 5.25. The molecule has 0 saturated heterocycles. The van der Waals surface area contributed by atoms with Crippen LogP contribution in [0.4, 0.5) is 0 Å². The molecule has 0 saturated carbocycles.